The van der Waals surface area contributed by atoms with E-state index in [9.17, 15) is 4.79 Å². The maximum Gasteiger partial charge on any atom is 0.230 e. The number of benzene rings is 2. The molecule has 42 heavy (non-hydrogen) atoms. The Bertz CT molecular complexity index is 1700. The Labute approximate surface area is 252 Å². The van der Waals surface area contributed by atoms with Gasteiger partial charge in [0.2, 0.25) is 5.91 Å². The zero-order valence-electron chi connectivity index (χ0n) is 22.2. The second-order valence-electron chi connectivity index (χ2n) is 8.86. The summed E-state index contributed by atoms with van der Waals surface area (Å²) in [4.78, 5) is 22.3. The molecule has 0 fully saturated rings. The lowest BCUT2D eigenvalue weighted by Crippen LogP contribution is -2.35. The van der Waals surface area contributed by atoms with Crippen molar-refractivity contribution in [3.63, 3.8) is 0 Å². The van der Waals surface area contributed by atoms with Gasteiger partial charge in [-0.2, -0.15) is 0 Å². The molecule has 0 spiro atoms. The van der Waals surface area contributed by atoms with Crippen molar-refractivity contribution in [1.82, 2.24) is 19.9 Å². The van der Waals surface area contributed by atoms with Gasteiger partial charge in [0.25, 0.3) is 0 Å². The van der Waals surface area contributed by atoms with Gasteiger partial charge in [-0.1, -0.05) is 25.6 Å². The standard InChI is InChI=1S/C29H26FN5O4S2.CH4/c1-37-12-11-35-16-22(32-17-35)26-15-21-28(41-26)25(9-10-31-21)39-24-8-7-19(14-20(24)30)33-29(40)34-27(36)13-18-5-3-4-6-23(18)38-2;/h3-10,14-17H,11-13H2,1-2H3,(H2,33,34,36,40);1H4. The number of para-hydroxylation sites is 1. The van der Waals surface area contributed by atoms with Crippen LogP contribution in [-0.4, -0.2) is 46.4 Å². The van der Waals surface area contributed by atoms with Gasteiger partial charge in [0.05, 0.1) is 47.3 Å². The van der Waals surface area contributed by atoms with Crippen molar-refractivity contribution < 1.29 is 23.4 Å². The first kappa shape index (κ1) is 30.6. The van der Waals surface area contributed by atoms with E-state index < -0.39 is 5.82 Å². The third kappa shape index (κ3) is 7.27. The fourth-order valence-corrected chi connectivity index (χ4v) is 5.32. The van der Waals surface area contributed by atoms with Crippen LogP contribution in [0.1, 0.15) is 13.0 Å². The second-order valence-corrected chi connectivity index (χ2v) is 10.3. The van der Waals surface area contributed by atoms with E-state index in [1.807, 2.05) is 29.0 Å². The number of fused-ring (bicyclic) bond motifs is 1. The molecule has 12 heteroatoms. The number of imidazole rings is 1. The number of pyridine rings is 1. The maximum absolute atomic E-state index is 15.0. The average molecular weight is 608 g/mol. The molecule has 0 aliphatic rings. The predicted octanol–water partition coefficient (Wildman–Crippen LogP) is 6.44. The fourth-order valence-electron chi connectivity index (χ4n) is 4.06. The highest BCUT2D eigenvalue weighted by Crippen LogP contribution is 2.39. The number of thiophene rings is 1. The molecule has 3 heterocycles. The number of nitrogens with zero attached hydrogens (tertiary/aromatic N) is 3. The smallest absolute Gasteiger partial charge is 0.230 e. The van der Waals surface area contributed by atoms with E-state index in [1.54, 1.807) is 51.0 Å². The van der Waals surface area contributed by atoms with Crippen molar-refractivity contribution in [2.24, 2.45) is 0 Å². The summed E-state index contributed by atoms with van der Waals surface area (Å²) in [5.41, 5.74) is 2.62. The molecule has 0 aliphatic heterocycles. The number of carbonyl (C=O) groups excluding carboxylic acids is 1. The van der Waals surface area contributed by atoms with Gasteiger partial charge in [0.1, 0.15) is 11.5 Å². The summed E-state index contributed by atoms with van der Waals surface area (Å²) in [5, 5.41) is 5.48. The molecule has 0 atom stereocenters. The summed E-state index contributed by atoms with van der Waals surface area (Å²) in [5.74, 6) is 0.192. The normalized spacial score (nSPS) is 10.6. The van der Waals surface area contributed by atoms with Crippen LogP contribution in [0.4, 0.5) is 10.1 Å². The van der Waals surface area contributed by atoms with Crippen molar-refractivity contribution >= 4 is 50.5 Å². The molecule has 0 unspecified atom stereocenters. The van der Waals surface area contributed by atoms with Gasteiger partial charge in [-0.05, 0) is 36.5 Å². The van der Waals surface area contributed by atoms with E-state index in [1.165, 1.54) is 23.5 Å². The predicted molar refractivity (Wildman–Crippen MR) is 167 cm³/mol. The largest absolute Gasteiger partial charge is 0.496 e. The number of anilines is 1. The maximum atomic E-state index is 15.0. The molecular weight excluding hydrogens is 577 g/mol. The minimum atomic E-state index is -0.600. The average Bonchev–Trinajstić information content (AvgIpc) is 3.61. The lowest BCUT2D eigenvalue weighted by molar-refractivity contribution is -0.119. The van der Waals surface area contributed by atoms with E-state index >= 15 is 4.39 Å². The molecule has 0 aliphatic carbocycles. The fraction of sp³-hybridized carbons (Fsp3) is 0.200. The Hall–Kier alpha value is -4.39. The molecule has 3 aromatic heterocycles. The first-order valence-electron chi connectivity index (χ1n) is 12.5. The Balaban J connectivity index is 0.00000405. The number of hydrogen-bond acceptors (Lipinski definition) is 8. The van der Waals surface area contributed by atoms with Crippen molar-refractivity contribution in [2.45, 2.75) is 20.4 Å². The van der Waals surface area contributed by atoms with Crippen LogP contribution in [0.5, 0.6) is 17.2 Å². The van der Waals surface area contributed by atoms with Crippen LogP contribution in [0.2, 0.25) is 0 Å². The van der Waals surface area contributed by atoms with E-state index in [-0.39, 0.29) is 30.6 Å². The SMILES string of the molecule is C.COCCn1cnc(-c2cc3nccc(Oc4ccc(NC(=S)NC(=O)Cc5ccccc5OC)cc4F)c3s2)c1. The Kier molecular flexibility index (Phi) is 10.2. The zero-order valence-corrected chi connectivity index (χ0v) is 23.9. The molecule has 5 rings (SSSR count). The highest BCUT2D eigenvalue weighted by Gasteiger charge is 2.15. The number of halogens is 1. The second kappa shape index (κ2) is 14.0. The molecule has 5 aromatic rings. The Morgan fingerprint density at radius 2 is 1.90 bits per heavy atom. The Morgan fingerprint density at radius 3 is 2.69 bits per heavy atom. The molecule has 0 bridgehead atoms. The summed E-state index contributed by atoms with van der Waals surface area (Å²) in [6.07, 6.45) is 5.39. The van der Waals surface area contributed by atoms with Crippen molar-refractivity contribution in [3.8, 4) is 27.8 Å². The number of ether oxygens (including phenoxy) is 3. The van der Waals surface area contributed by atoms with Crippen molar-refractivity contribution in [3.05, 3.63) is 84.7 Å². The van der Waals surface area contributed by atoms with E-state index in [0.29, 0.717) is 30.3 Å². The summed E-state index contributed by atoms with van der Waals surface area (Å²) < 4.78 is 34.1. The lowest BCUT2D eigenvalue weighted by atomic mass is 10.1. The van der Waals surface area contributed by atoms with E-state index in [4.69, 9.17) is 26.4 Å². The quantitative estimate of drug-likeness (QED) is 0.175. The van der Waals surface area contributed by atoms with E-state index in [2.05, 4.69) is 20.6 Å². The van der Waals surface area contributed by atoms with Crippen molar-refractivity contribution in [1.29, 1.82) is 0 Å². The minimum absolute atomic E-state index is 0. The molecule has 0 saturated heterocycles. The van der Waals surface area contributed by atoms with Gasteiger partial charge in [-0.25, -0.2) is 9.37 Å². The minimum Gasteiger partial charge on any atom is -0.496 e. The Morgan fingerprint density at radius 1 is 1.07 bits per heavy atom. The number of methoxy groups -OCH3 is 2. The van der Waals surface area contributed by atoms with Gasteiger partial charge in [-0.15, -0.1) is 11.3 Å². The van der Waals surface area contributed by atoms with Gasteiger partial charge in [0.15, 0.2) is 16.7 Å². The molecule has 0 radical (unpaired) electrons. The molecular formula is C30H30FN5O4S2. The van der Waals surface area contributed by atoms with Gasteiger partial charge in [-0.3, -0.25) is 9.78 Å². The number of amides is 1. The monoisotopic (exact) mass is 607 g/mol. The lowest BCUT2D eigenvalue weighted by Gasteiger charge is -2.12. The van der Waals surface area contributed by atoms with Crippen LogP contribution in [0.3, 0.4) is 0 Å². The number of hydrogen-bond donors (Lipinski definition) is 2. The summed E-state index contributed by atoms with van der Waals surface area (Å²) in [6, 6.07) is 15.2. The topological polar surface area (TPSA) is 99.5 Å². The summed E-state index contributed by atoms with van der Waals surface area (Å²) in [7, 11) is 3.20. The van der Waals surface area contributed by atoms with Crippen LogP contribution in [-0.2, 0) is 22.5 Å². The van der Waals surface area contributed by atoms with Crippen molar-refractivity contribution in [2.75, 3.05) is 26.1 Å². The summed E-state index contributed by atoms with van der Waals surface area (Å²) >= 11 is 6.71. The number of aromatic nitrogens is 3. The zero-order chi connectivity index (χ0) is 28.8. The summed E-state index contributed by atoms with van der Waals surface area (Å²) in [6.45, 7) is 1.29. The molecule has 218 valence electrons. The van der Waals surface area contributed by atoms with Crippen LogP contribution < -0.4 is 20.1 Å². The van der Waals surface area contributed by atoms with Crippen LogP contribution in [0.25, 0.3) is 20.8 Å². The number of nitrogens with one attached hydrogen (secondary N) is 2. The molecule has 9 nitrogen and oxygen atoms in total. The molecule has 2 aromatic carbocycles. The molecule has 1 amide bonds. The third-order valence-corrected chi connectivity index (χ3v) is 7.39. The van der Waals surface area contributed by atoms with Crippen LogP contribution in [0, 0.1) is 5.82 Å². The number of thiocarbonyl (C=S) groups is 1. The van der Waals surface area contributed by atoms with Crippen LogP contribution in [0.15, 0.2) is 73.3 Å². The highest BCUT2D eigenvalue weighted by atomic mass is 32.1. The number of rotatable bonds is 10. The third-order valence-electron chi connectivity index (χ3n) is 6.02. The van der Waals surface area contributed by atoms with E-state index in [0.717, 1.165) is 26.4 Å². The molecule has 0 saturated carbocycles. The van der Waals surface area contributed by atoms with Gasteiger partial charge >= 0.3 is 0 Å². The van der Waals surface area contributed by atoms with Gasteiger partial charge in [0, 0.05) is 49.4 Å². The van der Waals surface area contributed by atoms with Gasteiger partial charge < -0.3 is 29.4 Å². The molecule has 2 N–H and O–H groups in total. The van der Waals surface area contributed by atoms with Crippen LogP contribution >= 0.6 is 23.6 Å². The first-order chi connectivity index (χ1) is 19.9. The first-order valence-corrected chi connectivity index (χ1v) is 13.8. The number of carbonyl (C=O) groups is 1. The highest BCUT2D eigenvalue weighted by molar-refractivity contribution is 7.80.